The first-order valence-corrected chi connectivity index (χ1v) is 11.4. The molecule has 164 valence electrons. The number of benzene rings is 1. The summed E-state index contributed by atoms with van der Waals surface area (Å²) < 4.78 is 5.55. The highest BCUT2D eigenvalue weighted by molar-refractivity contribution is 5.82. The highest BCUT2D eigenvalue weighted by atomic mass is 16.5. The molecule has 1 N–H and O–H groups in total. The first kappa shape index (κ1) is 21.1. The van der Waals surface area contributed by atoms with Crippen LogP contribution in [0.25, 0.3) is 0 Å². The number of carbonyl (C=O) groups is 1. The molecular formula is C23H35N5O2. The minimum absolute atomic E-state index is 0.165. The summed E-state index contributed by atoms with van der Waals surface area (Å²) in [4.78, 5) is 23.7. The maximum atomic E-state index is 12.5. The van der Waals surface area contributed by atoms with Gasteiger partial charge in [-0.05, 0) is 36.8 Å². The molecule has 7 heteroatoms. The molecule has 2 saturated heterocycles. The van der Waals surface area contributed by atoms with Crippen molar-refractivity contribution in [1.29, 1.82) is 0 Å². The van der Waals surface area contributed by atoms with Crippen LogP contribution in [0.5, 0.6) is 0 Å². The van der Waals surface area contributed by atoms with Gasteiger partial charge in [0.25, 0.3) is 5.91 Å². The molecule has 0 aliphatic carbocycles. The average Bonchev–Trinajstić information content (AvgIpc) is 3.34. The SMILES string of the molecule is CN=C(NCCCN1CCc2ccccc2C1)N1CCN(C(=O)C2CCCO2)CC1. The number of piperazine rings is 1. The molecule has 3 aliphatic rings. The maximum absolute atomic E-state index is 12.5. The van der Waals surface area contributed by atoms with Crippen LogP contribution in [0.4, 0.5) is 0 Å². The van der Waals surface area contributed by atoms with Crippen LogP contribution in [0.1, 0.15) is 30.4 Å². The largest absolute Gasteiger partial charge is 0.368 e. The Morgan fingerprint density at radius 2 is 1.90 bits per heavy atom. The van der Waals surface area contributed by atoms with E-state index in [9.17, 15) is 4.79 Å². The third kappa shape index (κ3) is 5.13. The molecular weight excluding hydrogens is 378 g/mol. The Balaban J connectivity index is 1.16. The lowest BCUT2D eigenvalue weighted by Crippen LogP contribution is -2.55. The van der Waals surface area contributed by atoms with E-state index in [-0.39, 0.29) is 12.0 Å². The molecule has 1 aromatic rings. The molecule has 1 aromatic carbocycles. The number of guanidine groups is 1. The number of carbonyl (C=O) groups excluding carboxylic acids is 1. The van der Waals surface area contributed by atoms with Crippen molar-refractivity contribution in [1.82, 2.24) is 20.0 Å². The molecule has 0 spiro atoms. The smallest absolute Gasteiger partial charge is 0.251 e. The summed E-state index contributed by atoms with van der Waals surface area (Å²) in [6.07, 6.45) is 3.90. The van der Waals surface area contributed by atoms with Gasteiger partial charge in [0, 0.05) is 66.0 Å². The third-order valence-corrected chi connectivity index (χ3v) is 6.45. The molecule has 3 aliphatic heterocycles. The van der Waals surface area contributed by atoms with Crippen LogP contribution in [0.3, 0.4) is 0 Å². The highest BCUT2D eigenvalue weighted by Crippen LogP contribution is 2.18. The minimum Gasteiger partial charge on any atom is -0.368 e. The van der Waals surface area contributed by atoms with Crippen LogP contribution in [-0.4, -0.2) is 92.1 Å². The predicted molar refractivity (Wildman–Crippen MR) is 119 cm³/mol. The zero-order valence-corrected chi connectivity index (χ0v) is 18.2. The molecule has 0 bridgehead atoms. The molecule has 4 rings (SSSR count). The fourth-order valence-electron chi connectivity index (χ4n) is 4.69. The first-order valence-electron chi connectivity index (χ1n) is 11.4. The van der Waals surface area contributed by atoms with Crippen molar-refractivity contribution >= 4 is 11.9 Å². The van der Waals surface area contributed by atoms with Gasteiger partial charge in [0.2, 0.25) is 0 Å². The van der Waals surface area contributed by atoms with Gasteiger partial charge in [-0.25, -0.2) is 0 Å². The summed E-state index contributed by atoms with van der Waals surface area (Å²) in [5.41, 5.74) is 2.98. The molecule has 7 nitrogen and oxygen atoms in total. The summed E-state index contributed by atoms with van der Waals surface area (Å²) in [7, 11) is 1.84. The monoisotopic (exact) mass is 413 g/mol. The van der Waals surface area contributed by atoms with Crippen LogP contribution in [0.15, 0.2) is 29.3 Å². The summed E-state index contributed by atoms with van der Waals surface area (Å²) in [5.74, 6) is 1.11. The molecule has 1 amide bonds. The lowest BCUT2D eigenvalue weighted by molar-refractivity contribution is -0.142. The van der Waals surface area contributed by atoms with E-state index in [2.05, 4.69) is 44.4 Å². The van der Waals surface area contributed by atoms with Crippen LogP contribution in [0.2, 0.25) is 0 Å². The predicted octanol–water partition coefficient (Wildman–Crippen LogP) is 1.33. The van der Waals surface area contributed by atoms with E-state index in [1.54, 1.807) is 0 Å². The van der Waals surface area contributed by atoms with E-state index < -0.39 is 0 Å². The summed E-state index contributed by atoms with van der Waals surface area (Å²) in [5, 5.41) is 3.52. The van der Waals surface area contributed by atoms with Crippen molar-refractivity contribution < 1.29 is 9.53 Å². The number of hydrogen-bond acceptors (Lipinski definition) is 4. The Labute approximate surface area is 180 Å². The zero-order chi connectivity index (χ0) is 20.8. The Kier molecular flexibility index (Phi) is 7.23. The van der Waals surface area contributed by atoms with Crippen molar-refractivity contribution in [2.24, 2.45) is 4.99 Å². The lowest BCUT2D eigenvalue weighted by Gasteiger charge is -2.37. The number of aliphatic imine (C=N–C) groups is 1. The second-order valence-corrected chi connectivity index (χ2v) is 8.44. The molecule has 0 saturated carbocycles. The van der Waals surface area contributed by atoms with E-state index in [1.165, 1.54) is 11.1 Å². The number of ether oxygens (including phenoxy) is 1. The van der Waals surface area contributed by atoms with Crippen molar-refractivity contribution in [2.45, 2.75) is 38.3 Å². The van der Waals surface area contributed by atoms with Gasteiger partial charge < -0.3 is 19.9 Å². The molecule has 1 atom stereocenters. The van der Waals surface area contributed by atoms with Crippen LogP contribution in [-0.2, 0) is 22.5 Å². The molecule has 0 aromatic heterocycles. The van der Waals surface area contributed by atoms with Crippen LogP contribution < -0.4 is 5.32 Å². The van der Waals surface area contributed by atoms with E-state index in [0.29, 0.717) is 0 Å². The Bertz CT molecular complexity index is 739. The van der Waals surface area contributed by atoms with Gasteiger partial charge in [0.15, 0.2) is 5.96 Å². The number of fused-ring (bicyclic) bond motifs is 1. The minimum atomic E-state index is -0.212. The number of nitrogens with zero attached hydrogens (tertiary/aromatic N) is 4. The highest BCUT2D eigenvalue weighted by Gasteiger charge is 2.30. The Hall–Kier alpha value is -2.12. The number of rotatable bonds is 5. The molecule has 30 heavy (non-hydrogen) atoms. The quantitative estimate of drug-likeness (QED) is 0.448. The second kappa shape index (κ2) is 10.3. The number of amides is 1. The fraction of sp³-hybridized carbons (Fsp3) is 0.652. The molecule has 1 unspecified atom stereocenters. The van der Waals surface area contributed by atoms with Gasteiger partial charge in [-0.3, -0.25) is 14.7 Å². The number of nitrogens with one attached hydrogen (secondary N) is 1. The standard InChI is InChI=1S/C23H35N5O2/c1-24-23(28-15-13-27(14-16-28)22(29)21-8-4-17-30-21)25-10-5-11-26-12-9-19-6-2-3-7-20(19)18-26/h2-3,6-7,21H,4-5,8-18H2,1H3,(H,24,25). The van der Waals surface area contributed by atoms with Gasteiger partial charge >= 0.3 is 0 Å². The van der Waals surface area contributed by atoms with Gasteiger partial charge in [0.1, 0.15) is 6.10 Å². The second-order valence-electron chi connectivity index (χ2n) is 8.44. The zero-order valence-electron chi connectivity index (χ0n) is 18.2. The van der Waals surface area contributed by atoms with Crippen molar-refractivity contribution in [3.8, 4) is 0 Å². The van der Waals surface area contributed by atoms with E-state index in [1.807, 2.05) is 11.9 Å². The summed E-state index contributed by atoms with van der Waals surface area (Å²) in [6.45, 7) is 8.07. The average molecular weight is 414 g/mol. The summed E-state index contributed by atoms with van der Waals surface area (Å²) in [6, 6.07) is 8.79. The van der Waals surface area contributed by atoms with Crippen LogP contribution in [0, 0.1) is 0 Å². The lowest BCUT2D eigenvalue weighted by atomic mass is 10.00. The Morgan fingerprint density at radius 1 is 1.13 bits per heavy atom. The molecule has 3 heterocycles. The number of hydrogen-bond donors (Lipinski definition) is 1. The Morgan fingerprint density at radius 3 is 2.63 bits per heavy atom. The van der Waals surface area contributed by atoms with Crippen molar-refractivity contribution in [2.75, 3.05) is 59.5 Å². The van der Waals surface area contributed by atoms with Gasteiger partial charge in [0.05, 0.1) is 0 Å². The van der Waals surface area contributed by atoms with E-state index in [0.717, 1.165) is 90.6 Å². The van der Waals surface area contributed by atoms with Crippen molar-refractivity contribution in [3.63, 3.8) is 0 Å². The fourth-order valence-corrected chi connectivity index (χ4v) is 4.69. The van der Waals surface area contributed by atoms with Gasteiger partial charge in [-0.15, -0.1) is 0 Å². The normalized spacial score (nSPS) is 22.8. The topological polar surface area (TPSA) is 60.4 Å². The van der Waals surface area contributed by atoms with Gasteiger partial charge in [-0.1, -0.05) is 24.3 Å². The van der Waals surface area contributed by atoms with E-state index in [4.69, 9.17) is 4.74 Å². The first-order chi connectivity index (χ1) is 14.7. The molecule has 0 radical (unpaired) electrons. The summed E-state index contributed by atoms with van der Waals surface area (Å²) >= 11 is 0. The third-order valence-electron chi connectivity index (χ3n) is 6.45. The van der Waals surface area contributed by atoms with Crippen molar-refractivity contribution in [3.05, 3.63) is 35.4 Å². The van der Waals surface area contributed by atoms with Crippen LogP contribution >= 0.6 is 0 Å². The van der Waals surface area contributed by atoms with E-state index >= 15 is 0 Å². The van der Waals surface area contributed by atoms with Gasteiger partial charge in [-0.2, -0.15) is 0 Å². The maximum Gasteiger partial charge on any atom is 0.251 e. The molecule has 2 fully saturated rings.